The average Bonchev–Trinajstić information content (AvgIpc) is 2.38. The summed E-state index contributed by atoms with van der Waals surface area (Å²) in [6.07, 6.45) is 0. The van der Waals surface area contributed by atoms with Crippen molar-refractivity contribution in [3.05, 3.63) is 71.5 Å². The van der Waals surface area contributed by atoms with Gasteiger partial charge in [0.1, 0.15) is 5.82 Å². The number of benzene rings is 2. The van der Waals surface area contributed by atoms with Crippen LogP contribution in [-0.2, 0) is 0 Å². The van der Waals surface area contributed by atoms with Gasteiger partial charge in [-0.2, -0.15) is 0 Å². The number of hydrogen-bond donors (Lipinski definition) is 0. The standard InChI is InChI=1S/C15H13FO/c1-11(12-6-3-2-4-7-12)15(17)13-8-5-9-14(16)10-13/h2-11H,1H3. The van der Waals surface area contributed by atoms with Gasteiger partial charge >= 0.3 is 0 Å². The molecule has 0 heterocycles. The van der Waals surface area contributed by atoms with Gasteiger partial charge in [-0.05, 0) is 17.7 Å². The summed E-state index contributed by atoms with van der Waals surface area (Å²) in [7, 11) is 0. The third-order valence-corrected chi connectivity index (χ3v) is 2.80. The van der Waals surface area contributed by atoms with E-state index in [1.54, 1.807) is 12.1 Å². The lowest BCUT2D eigenvalue weighted by Gasteiger charge is -2.10. The minimum absolute atomic E-state index is 0.0595. The molecule has 0 spiro atoms. The minimum Gasteiger partial charge on any atom is -0.294 e. The van der Waals surface area contributed by atoms with E-state index >= 15 is 0 Å². The molecular weight excluding hydrogens is 215 g/mol. The number of carbonyl (C=O) groups excluding carboxylic acids is 1. The van der Waals surface area contributed by atoms with E-state index in [9.17, 15) is 9.18 Å². The van der Waals surface area contributed by atoms with Crippen LogP contribution >= 0.6 is 0 Å². The minimum atomic E-state index is -0.379. The van der Waals surface area contributed by atoms with Gasteiger partial charge in [0.2, 0.25) is 0 Å². The highest BCUT2D eigenvalue weighted by atomic mass is 19.1. The zero-order valence-electron chi connectivity index (χ0n) is 9.56. The van der Waals surface area contributed by atoms with E-state index in [1.807, 2.05) is 37.3 Å². The van der Waals surface area contributed by atoms with Crippen LogP contribution in [-0.4, -0.2) is 5.78 Å². The Morgan fingerprint density at radius 3 is 2.41 bits per heavy atom. The lowest BCUT2D eigenvalue weighted by Crippen LogP contribution is -2.09. The molecule has 0 aromatic heterocycles. The lowest BCUT2D eigenvalue weighted by molar-refractivity contribution is 0.0965. The molecule has 1 atom stereocenters. The van der Waals surface area contributed by atoms with Crippen LogP contribution in [0.25, 0.3) is 0 Å². The maximum absolute atomic E-state index is 13.0. The summed E-state index contributed by atoms with van der Waals surface area (Å²) in [5, 5.41) is 0. The molecule has 0 aliphatic heterocycles. The van der Waals surface area contributed by atoms with E-state index in [1.165, 1.54) is 12.1 Å². The number of carbonyl (C=O) groups is 1. The van der Waals surface area contributed by atoms with Gasteiger partial charge in [-0.3, -0.25) is 4.79 Å². The summed E-state index contributed by atoms with van der Waals surface area (Å²) >= 11 is 0. The van der Waals surface area contributed by atoms with Crippen molar-refractivity contribution < 1.29 is 9.18 Å². The molecular formula is C15H13FO. The summed E-state index contributed by atoms with van der Waals surface area (Å²) in [6.45, 7) is 1.84. The number of hydrogen-bond acceptors (Lipinski definition) is 1. The molecule has 0 amide bonds. The first-order valence-corrected chi connectivity index (χ1v) is 5.53. The Balaban J connectivity index is 2.27. The van der Waals surface area contributed by atoms with E-state index in [4.69, 9.17) is 0 Å². The normalized spacial score (nSPS) is 12.1. The van der Waals surface area contributed by atoms with Crippen LogP contribution in [0.3, 0.4) is 0 Å². The number of halogens is 1. The fourth-order valence-electron chi connectivity index (χ4n) is 1.78. The first-order valence-electron chi connectivity index (χ1n) is 5.53. The van der Waals surface area contributed by atoms with Crippen LogP contribution in [0.4, 0.5) is 4.39 Å². The van der Waals surface area contributed by atoms with Crippen molar-refractivity contribution in [2.45, 2.75) is 12.8 Å². The van der Waals surface area contributed by atoms with Gasteiger partial charge in [-0.1, -0.05) is 49.4 Å². The van der Waals surface area contributed by atoms with E-state index in [-0.39, 0.29) is 17.5 Å². The molecule has 86 valence electrons. The highest BCUT2D eigenvalue weighted by Gasteiger charge is 2.16. The molecule has 0 saturated carbocycles. The Hall–Kier alpha value is -1.96. The molecule has 0 N–H and O–H groups in total. The molecule has 1 unspecified atom stereocenters. The van der Waals surface area contributed by atoms with Crippen molar-refractivity contribution in [2.24, 2.45) is 0 Å². The molecule has 0 aliphatic rings. The SMILES string of the molecule is CC(C(=O)c1cccc(F)c1)c1ccccc1. The molecule has 2 heteroatoms. The fourth-order valence-corrected chi connectivity index (χ4v) is 1.78. The molecule has 0 radical (unpaired) electrons. The Morgan fingerprint density at radius 1 is 1.06 bits per heavy atom. The molecule has 2 aromatic carbocycles. The molecule has 2 rings (SSSR count). The Kier molecular flexibility index (Phi) is 3.33. The Labute approximate surface area is 99.9 Å². The lowest BCUT2D eigenvalue weighted by atomic mass is 9.92. The van der Waals surface area contributed by atoms with Gasteiger partial charge in [0.25, 0.3) is 0 Å². The summed E-state index contributed by atoms with van der Waals surface area (Å²) < 4.78 is 13.0. The van der Waals surface area contributed by atoms with Crippen LogP contribution in [0, 0.1) is 5.82 Å². The zero-order chi connectivity index (χ0) is 12.3. The van der Waals surface area contributed by atoms with Crippen molar-refractivity contribution in [2.75, 3.05) is 0 Å². The smallest absolute Gasteiger partial charge is 0.170 e. The largest absolute Gasteiger partial charge is 0.294 e. The summed E-state index contributed by atoms with van der Waals surface area (Å²) in [5.41, 5.74) is 1.36. The van der Waals surface area contributed by atoms with Gasteiger partial charge in [0, 0.05) is 11.5 Å². The Morgan fingerprint density at radius 2 is 1.76 bits per heavy atom. The van der Waals surface area contributed by atoms with Crippen molar-refractivity contribution in [3.63, 3.8) is 0 Å². The average molecular weight is 228 g/mol. The third-order valence-electron chi connectivity index (χ3n) is 2.80. The molecule has 1 nitrogen and oxygen atoms in total. The summed E-state index contributed by atoms with van der Waals surface area (Å²) in [5.74, 6) is -0.690. The van der Waals surface area contributed by atoms with Crippen LogP contribution in [0.2, 0.25) is 0 Å². The second kappa shape index (κ2) is 4.91. The van der Waals surface area contributed by atoms with Crippen LogP contribution in [0.5, 0.6) is 0 Å². The monoisotopic (exact) mass is 228 g/mol. The molecule has 0 bridgehead atoms. The van der Waals surface area contributed by atoms with Gasteiger partial charge in [-0.25, -0.2) is 4.39 Å². The number of rotatable bonds is 3. The van der Waals surface area contributed by atoms with Crippen LogP contribution < -0.4 is 0 Å². The van der Waals surface area contributed by atoms with Crippen LogP contribution in [0.1, 0.15) is 28.8 Å². The number of Topliss-reactive ketones (excluding diaryl/α,β-unsaturated/α-hetero) is 1. The van der Waals surface area contributed by atoms with Crippen molar-refractivity contribution in [3.8, 4) is 0 Å². The van der Waals surface area contributed by atoms with E-state index in [0.29, 0.717) is 5.56 Å². The third kappa shape index (κ3) is 2.59. The maximum atomic E-state index is 13.0. The highest BCUT2D eigenvalue weighted by Crippen LogP contribution is 2.20. The van der Waals surface area contributed by atoms with Crippen LogP contribution in [0.15, 0.2) is 54.6 Å². The first kappa shape index (κ1) is 11.5. The van der Waals surface area contributed by atoms with Gasteiger partial charge in [0.15, 0.2) is 5.78 Å². The zero-order valence-corrected chi connectivity index (χ0v) is 9.56. The van der Waals surface area contributed by atoms with Crippen molar-refractivity contribution in [1.82, 2.24) is 0 Å². The molecule has 2 aromatic rings. The predicted molar refractivity (Wildman–Crippen MR) is 65.6 cm³/mol. The maximum Gasteiger partial charge on any atom is 0.170 e. The molecule has 17 heavy (non-hydrogen) atoms. The second-order valence-corrected chi connectivity index (χ2v) is 4.01. The Bertz CT molecular complexity index is 519. The highest BCUT2D eigenvalue weighted by molar-refractivity contribution is 6.00. The first-order chi connectivity index (χ1) is 8.18. The van der Waals surface area contributed by atoms with Gasteiger partial charge in [-0.15, -0.1) is 0 Å². The summed E-state index contributed by atoms with van der Waals surface area (Å²) in [6, 6.07) is 15.3. The van der Waals surface area contributed by atoms with Crippen molar-refractivity contribution >= 4 is 5.78 Å². The molecule has 0 saturated heterocycles. The predicted octanol–water partition coefficient (Wildman–Crippen LogP) is 3.81. The quantitative estimate of drug-likeness (QED) is 0.730. The fraction of sp³-hybridized carbons (Fsp3) is 0.133. The van der Waals surface area contributed by atoms with E-state index in [0.717, 1.165) is 5.56 Å². The van der Waals surface area contributed by atoms with Gasteiger partial charge in [0.05, 0.1) is 0 Å². The second-order valence-electron chi connectivity index (χ2n) is 4.01. The van der Waals surface area contributed by atoms with Crippen molar-refractivity contribution in [1.29, 1.82) is 0 Å². The van der Waals surface area contributed by atoms with E-state index < -0.39 is 0 Å². The van der Waals surface area contributed by atoms with Gasteiger partial charge < -0.3 is 0 Å². The summed E-state index contributed by atoms with van der Waals surface area (Å²) in [4.78, 5) is 12.1. The molecule has 0 fully saturated rings. The van der Waals surface area contributed by atoms with E-state index in [2.05, 4.69) is 0 Å². The molecule has 0 aliphatic carbocycles. The number of ketones is 1. The topological polar surface area (TPSA) is 17.1 Å².